The molecule has 1 saturated carbocycles. The normalized spacial score (nSPS) is 27.6. The molecular weight excluding hydrogens is 202 g/mol. The molecule has 0 aromatic carbocycles. The van der Waals surface area contributed by atoms with Crippen molar-refractivity contribution < 1.29 is 9.90 Å². The molecule has 0 bridgehead atoms. The van der Waals surface area contributed by atoms with Crippen LogP contribution in [0.25, 0.3) is 0 Å². The zero-order valence-electron chi connectivity index (χ0n) is 10.5. The fourth-order valence-electron chi connectivity index (χ4n) is 2.56. The quantitative estimate of drug-likeness (QED) is 0.733. The summed E-state index contributed by atoms with van der Waals surface area (Å²) in [6.07, 6.45) is 6.41. The molecule has 1 fully saturated rings. The molecule has 94 valence electrons. The van der Waals surface area contributed by atoms with Gasteiger partial charge in [0.15, 0.2) is 0 Å². The number of carbonyl (C=O) groups is 1. The van der Waals surface area contributed by atoms with E-state index < -0.39 is 5.97 Å². The van der Waals surface area contributed by atoms with Crippen molar-refractivity contribution in [1.82, 2.24) is 5.32 Å². The van der Waals surface area contributed by atoms with Gasteiger partial charge >= 0.3 is 5.97 Å². The summed E-state index contributed by atoms with van der Waals surface area (Å²) >= 11 is 0. The van der Waals surface area contributed by atoms with E-state index in [9.17, 15) is 4.79 Å². The highest BCUT2D eigenvalue weighted by molar-refractivity contribution is 5.66. The zero-order chi connectivity index (χ0) is 12.0. The van der Waals surface area contributed by atoms with Crippen molar-refractivity contribution in [2.24, 2.45) is 11.8 Å². The van der Waals surface area contributed by atoms with Gasteiger partial charge in [-0.1, -0.05) is 19.8 Å². The molecule has 1 aliphatic carbocycles. The minimum absolute atomic E-state index is 0.273. The molecule has 0 radical (unpaired) electrons. The van der Waals surface area contributed by atoms with Crippen molar-refractivity contribution >= 4 is 5.97 Å². The summed E-state index contributed by atoms with van der Waals surface area (Å²) in [5, 5.41) is 12.1. The molecule has 16 heavy (non-hydrogen) atoms. The number of rotatable bonds is 6. The van der Waals surface area contributed by atoms with Gasteiger partial charge in [-0.3, -0.25) is 4.79 Å². The lowest BCUT2D eigenvalue weighted by Gasteiger charge is -2.28. The van der Waals surface area contributed by atoms with Crippen LogP contribution in [0.15, 0.2) is 0 Å². The fourth-order valence-corrected chi connectivity index (χ4v) is 2.56. The van der Waals surface area contributed by atoms with Crippen molar-refractivity contribution in [1.29, 1.82) is 0 Å². The second-order valence-corrected chi connectivity index (χ2v) is 5.38. The molecule has 0 amide bonds. The summed E-state index contributed by atoms with van der Waals surface area (Å²) in [5.41, 5.74) is 0. The van der Waals surface area contributed by atoms with Crippen LogP contribution >= 0.6 is 0 Å². The molecule has 3 unspecified atom stereocenters. The first-order chi connectivity index (χ1) is 7.58. The van der Waals surface area contributed by atoms with E-state index in [1.165, 1.54) is 25.7 Å². The number of nitrogens with one attached hydrogen (secondary N) is 1. The highest BCUT2D eigenvalue weighted by Crippen LogP contribution is 2.27. The van der Waals surface area contributed by atoms with Crippen molar-refractivity contribution in [2.45, 2.75) is 58.4 Å². The third-order valence-electron chi connectivity index (χ3n) is 3.59. The average Bonchev–Trinajstić information content (AvgIpc) is 2.23. The SMILES string of the molecule is CC1CCCC(CNC(C)CCC(=O)O)C1. The number of carboxylic acids is 1. The van der Waals surface area contributed by atoms with Crippen LogP contribution in [0.5, 0.6) is 0 Å². The second kappa shape index (κ2) is 6.89. The molecule has 0 aromatic rings. The largest absolute Gasteiger partial charge is 0.481 e. The molecule has 0 saturated heterocycles. The molecule has 1 rings (SSSR count). The molecule has 3 atom stereocenters. The van der Waals surface area contributed by atoms with Gasteiger partial charge in [-0.2, -0.15) is 0 Å². The molecule has 0 spiro atoms. The monoisotopic (exact) mass is 227 g/mol. The maximum atomic E-state index is 10.4. The Kier molecular flexibility index (Phi) is 5.81. The molecule has 1 aliphatic rings. The Bertz CT molecular complexity index is 218. The zero-order valence-corrected chi connectivity index (χ0v) is 10.5. The summed E-state index contributed by atoms with van der Waals surface area (Å²) in [4.78, 5) is 10.4. The van der Waals surface area contributed by atoms with Crippen molar-refractivity contribution in [3.8, 4) is 0 Å². The summed E-state index contributed by atoms with van der Waals surface area (Å²) < 4.78 is 0. The molecule has 3 heteroatoms. The molecular formula is C13H25NO2. The summed E-state index contributed by atoms with van der Waals surface area (Å²) in [6, 6.07) is 0.327. The second-order valence-electron chi connectivity index (χ2n) is 5.38. The van der Waals surface area contributed by atoms with Crippen LogP contribution in [-0.4, -0.2) is 23.7 Å². The molecule has 0 aromatic heterocycles. The van der Waals surface area contributed by atoms with Crippen LogP contribution in [0, 0.1) is 11.8 Å². The van der Waals surface area contributed by atoms with Gasteiger partial charge in [0.1, 0.15) is 0 Å². The Morgan fingerprint density at radius 2 is 2.25 bits per heavy atom. The van der Waals surface area contributed by atoms with Gasteiger partial charge in [0.25, 0.3) is 0 Å². The van der Waals surface area contributed by atoms with Gasteiger partial charge in [-0.25, -0.2) is 0 Å². The third-order valence-corrected chi connectivity index (χ3v) is 3.59. The topological polar surface area (TPSA) is 49.3 Å². The third kappa shape index (κ3) is 5.50. The van der Waals surface area contributed by atoms with Gasteiger partial charge in [-0.15, -0.1) is 0 Å². The molecule has 0 aliphatic heterocycles. The van der Waals surface area contributed by atoms with Gasteiger partial charge in [0.2, 0.25) is 0 Å². The predicted molar refractivity (Wildman–Crippen MR) is 65.5 cm³/mol. The van der Waals surface area contributed by atoms with Crippen molar-refractivity contribution in [3.63, 3.8) is 0 Å². The van der Waals surface area contributed by atoms with E-state index >= 15 is 0 Å². The van der Waals surface area contributed by atoms with Gasteiger partial charge in [0, 0.05) is 12.5 Å². The van der Waals surface area contributed by atoms with Gasteiger partial charge in [-0.05, 0) is 44.6 Å². The van der Waals surface area contributed by atoms with Crippen molar-refractivity contribution in [3.05, 3.63) is 0 Å². The standard InChI is InChI=1S/C13H25NO2/c1-10-4-3-5-12(8-10)9-14-11(2)6-7-13(15)16/h10-12,14H,3-9H2,1-2H3,(H,15,16). The maximum Gasteiger partial charge on any atom is 0.303 e. The Morgan fingerprint density at radius 3 is 2.88 bits per heavy atom. The number of aliphatic carboxylic acids is 1. The van der Waals surface area contributed by atoms with E-state index in [1.807, 2.05) is 0 Å². The van der Waals surface area contributed by atoms with E-state index in [1.54, 1.807) is 0 Å². The van der Waals surface area contributed by atoms with E-state index in [-0.39, 0.29) is 6.42 Å². The van der Waals surface area contributed by atoms with E-state index in [2.05, 4.69) is 19.2 Å². The van der Waals surface area contributed by atoms with Crippen LogP contribution in [0.2, 0.25) is 0 Å². The van der Waals surface area contributed by atoms with E-state index in [0.29, 0.717) is 6.04 Å². The first kappa shape index (κ1) is 13.5. The Labute approximate surface area is 98.6 Å². The fraction of sp³-hybridized carbons (Fsp3) is 0.923. The lowest BCUT2D eigenvalue weighted by molar-refractivity contribution is -0.137. The first-order valence-corrected chi connectivity index (χ1v) is 6.53. The average molecular weight is 227 g/mol. The Hall–Kier alpha value is -0.570. The van der Waals surface area contributed by atoms with Crippen LogP contribution in [0.3, 0.4) is 0 Å². The minimum atomic E-state index is -0.695. The number of carboxylic acid groups (broad SMARTS) is 1. The highest BCUT2D eigenvalue weighted by Gasteiger charge is 2.19. The van der Waals surface area contributed by atoms with Crippen LogP contribution in [-0.2, 0) is 4.79 Å². The van der Waals surface area contributed by atoms with Crippen LogP contribution in [0.4, 0.5) is 0 Å². The van der Waals surface area contributed by atoms with E-state index in [0.717, 1.165) is 24.8 Å². The lowest BCUT2D eigenvalue weighted by atomic mass is 9.82. The summed E-state index contributed by atoms with van der Waals surface area (Å²) in [6.45, 7) is 5.47. The molecule has 0 heterocycles. The Morgan fingerprint density at radius 1 is 1.50 bits per heavy atom. The van der Waals surface area contributed by atoms with Crippen LogP contribution in [0.1, 0.15) is 52.4 Å². The first-order valence-electron chi connectivity index (χ1n) is 6.53. The smallest absolute Gasteiger partial charge is 0.303 e. The van der Waals surface area contributed by atoms with Crippen LogP contribution < -0.4 is 5.32 Å². The number of hydrogen-bond acceptors (Lipinski definition) is 2. The number of hydrogen-bond donors (Lipinski definition) is 2. The highest BCUT2D eigenvalue weighted by atomic mass is 16.4. The van der Waals surface area contributed by atoms with Gasteiger partial charge in [0.05, 0.1) is 0 Å². The lowest BCUT2D eigenvalue weighted by Crippen LogP contribution is -2.33. The maximum absolute atomic E-state index is 10.4. The van der Waals surface area contributed by atoms with E-state index in [4.69, 9.17) is 5.11 Å². The Balaban J connectivity index is 2.10. The summed E-state index contributed by atoms with van der Waals surface area (Å²) in [5.74, 6) is 0.978. The molecule has 2 N–H and O–H groups in total. The predicted octanol–water partition coefficient (Wildman–Crippen LogP) is 2.66. The van der Waals surface area contributed by atoms with Gasteiger partial charge < -0.3 is 10.4 Å². The minimum Gasteiger partial charge on any atom is -0.481 e. The molecule has 3 nitrogen and oxygen atoms in total. The van der Waals surface area contributed by atoms with Crippen molar-refractivity contribution in [2.75, 3.05) is 6.54 Å². The summed E-state index contributed by atoms with van der Waals surface area (Å²) in [7, 11) is 0.